The van der Waals surface area contributed by atoms with Gasteiger partial charge in [-0.25, -0.2) is 18.2 Å². The van der Waals surface area contributed by atoms with E-state index in [1.165, 1.54) is 48.3 Å². The van der Waals surface area contributed by atoms with Gasteiger partial charge in [-0.3, -0.25) is 29.1 Å². The van der Waals surface area contributed by atoms with E-state index in [1.54, 1.807) is 26.3 Å². The third-order valence-electron chi connectivity index (χ3n) is 12.5. The molecule has 15 nitrogen and oxygen atoms in total. The van der Waals surface area contributed by atoms with Crippen molar-refractivity contribution in [3.8, 4) is 33.5 Å². The van der Waals surface area contributed by atoms with E-state index in [4.69, 9.17) is 21.7 Å². The summed E-state index contributed by atoms with van der Waals surface area (Å²) >= 11 is 6.95. The maximum atomic E-state index is 15.8. The molecule has 3 N–H and O–H groups in total. The Bertz CT molecular complexity index is 3050. The number of hydrogen-bond acceptors (Lipinski definition) is 12. The highest BCUT2D eigenvalue weighted by atomic mass is 32.1. The van der Waals surface area contributed by atoms with E-state index in [0.717, 1.165) is 51.0 Å². The lowest BCUT2D eigenvalue weighted by atomic mass is 9.85. The Balaban J connectivity index is 0.923. The molecule has 5 aromatic rings. The van der Waals surface area contributed by atoms with Crippen molar-refractivity contribution < 1.29 is 60.1 Å². The van der Waals surface area contributed by atoms with Crippen LogP contribution in [-0.2, 0) is 30.1 Å². The van der Waals surface area contributed by atoms with E-state index >= 15 is 13.2 Å². The molecule has 0 aliphatic carbocycles. The van der Waals surface area contributed by atoms with Crippen molar-refractivity contribution in [3.63, 3.8) is 0 Å². The number of aromatic nitrogens is 2. The Morgan fingerprint density at radius 2 is 1.68 bits per heavy atom. The lowest BCUT2D eigenvalue weighted by Crippen LogP contribution is -2.58. The van der Waals surface area contributed by atoms with Crippen LogP contribution in [0.3, 0.4) is 0 Å². The molecule has 74 heavy (non-hydrogen) atoms. The number of alkyl halides is 3. The predicted molar refractivity (Wildman–Crippen MR) is 265 cm³/mol. The average molecular weight is 1070 g/mol. The van der Waals surface area contributed by atoms with Crippen molar-refractivity contribution in [2.45, 2.75) is 90.8 Å². The second-order valence-corrected chi connectivity index (χ2v) is 20.4. The van der Waals surface area contributed by atoms with Crippen LogP contribution in [0, 0.1) is 41.1 Å². The van der Waals surface area contributed by atoms with Crippen LogP contribution in [0.1, 0.15) is 76.4 Å². The molecule has 7 rings (SSSR count). The van der Waals surface area contributed by atoms with Gasteiger partial charge in [-0.05, 0) is 86.8 Å². The molecule has 2 aromatic heterocycles. The molecule has 0 unspecified atom stereocenters. The summed E-state index contributed by atoms with van der Waals surface area (Å²) in [7, 11) is 0. The van der Waals surface area contributed by atoms with Gasteiger partial charge in [0.1, 0.15) is 42.1 Å². The second kappa shape index (κ2) is 21.5. The predicted octanol–water partition coefficient (Wildman–Crippen LogP) is 8.17. The molecule has 4 amide bonds. The molecule has 0 radical (unpaired) electrons. The fourth-order valence-corrected chi connectivity index (χ4v) is 10.00. The van der Waals surface area contributed by atoms with Crippen LogP contribution in [-0.4, -0.2) is 98.8 Å². The highest BCUT2D eigenvalue weighted by molar-refractivity contribution is 7.81. The number of nitrogens with one attached hydrogen (secondary N) is 2. The lowest BCUT2D eigenvalue weighted by molar-refractivity contribution is -0.144. The number of rotatable bonds is 15. The molecule has 23 heteroatoms. The number of thiocarbonyl (C=S) groups is 1. The minimum absolute atomic E-state index is 0.000408. The molecule has 3 aromatic carbocycles. The van der Waals surface area contributed by atoms with Gasteiger partial charge in [-0.15, -0.1) is 11.3 Å². The first-order chi connectivity index (χ1) is 34.7. The maximum Gasteiger partial charge on any atom is 0.420 e. The summed E-state index contributed by atoms with van der Waals surface area (Å²) in [4.78, 5) is 66.8. The van der Waals surface area contributed by atoms with Crippen LogP contribution in [0.5, 0.6) is 5.75 Å². The monoisotopic (exact) mass is 1060 g/mol. The van der Waals surface area contributed by atoms with E-state index in [9.17, 15) is 42.7 Å². The topological polar surface area (TPSA) is 190 Å². The van der Waals surface area contributed by atoms with Gasteiger partial charge in [0.05, 0.1) is 64.0 Å². The Hall–Kier alpha value is -7.00. The summed E-state index contributed by atoms with van der Waals surface area (Å²) in [5, 5.41) is 24.9. The first-order valence-electron chi connectivity index (χ1n) is 23.0. The first-order valence-corrected chi connectivity index (χ1v) is 24.3. The van der Waals surface area contributed by atoms with Gasteiger partial charge < -0.3 is 35.0 Å². The molecule has 0 spiro atoms. The van der Waals surface area contributed by atoms with Crippen molar-refractivity contribution in [1.29, 1.82) is 5.26 Å². The molecule has 390 valence electrons. The molecule has 4 atom stereocenters. The summed E-state index contributed by atoms with van der Waals surface area (Å²) in [6, 6.07) is 12.3. The number of halogens is 6. The number of nitriles is 1. The molecule has 0 saturated carbocycles. The SMILES string of the molecule is Cc1ncsc1-c1ccc([C@H](C)NC(=O)[C@@H]2C[C@@H](O)CN2C(=O)[C@@H](NC(=O)COCCOc2ccc(-c3ncc(N4C(=S)N(c5ccc(C#N)c(C(F)(F)F)c5F)C(=O)C4(C)C)cc3F)cc2F)C(C)(C)C)cc1. The number of nitrogens with zero attached hydrogens (tertiary/aromatic N) is 6. The number of aliphatic hydroxyl groups is 1. The van der Waals surface area contributed by atoms with Crippen LogP contribution < -0.4 is 25.2 Å². The van der Waals surface area contributed by atoms with Crippen LogP contribution in [0.25, 0.3) is 21.7 Å². The van der Waals surface area contributed by atoms with Crippen LogP contribution in [0.2, 0.25) is 0 Å². The third-order valence-corrected chi connectivity index (χ3v) is 13.8. The number of aryl methyl sites for hydroxylation is 1. The number of likely N-dealkylation sites (tertiary alicyclic amines) is 1. The first kappa shape index (κ1) is 54.8. The quantitative estimate of drug-likeness (QED) is 0.0519. The van der Waals surface area contributed by atoms with Crippen molar-refractivity contribution in [3.05, 3.63) is 112 Å². The molecule has 2 saturated heterocycles. The summed E-state index contributed by atoms with van der Waals surface area (Å²) in [5.41, 5.74) is -2.29. The smallest absolute Gasteiger partial charge is 0.420 e. The van der Waals surface area contributed by atoms with Gasteiger partial charge >= 0.3 is 6.18 Å². The number of thiazole rings is 1. The summed E-state index contributed by atoms with van der Waals surface area (Å²) < 4.78 is 98.9. The summed E-state index contributed by atoms with van der Waals surface area (Å²) in [5.74, 6) is -6.75. The van der Waals surface area contributed by atoms with Crippen LogP contribution >= 0.6 is 23.6 Å². The highest BCUT2D eigenvalue weighted by Gasteiger charge is 2.52. The van der Waals surface area contributed by atoms with Gasteiger partial charge in [-0.2, -0.15) is 18.4 Å². The standard InChI is InChI=1S/C51H50F6N8O7S2/c1-26(28-8-10-29(11-9-28)43-27(2)60-25-74-43)61-45(68)37-20-33(66)23-63(37)46(69)44(49(3,4)5)62-39(67)24-71-16-17-72-38-15-13-30(18-34(38)52)42-35(53)19-32(22-59-42)65-48(73)64(47(70)50(65,6)7)36-14-12-31(21-58)40(41(36)54)51(55,56)57/h8-15,18-19,22,25-26,33,37,44,66H,16-17,20,23-24H2,1-7H3,(H,61,68)(H,62,67)/t26-,33+,37-,44+/m0/s1. The second-order valence-electron chi connectivity index (χ2n) is 19.2. The molecular formula is C51H50F6N8O7S2. The maximum absolute atomic E-state index is 15.8. The van der Waals surface area contributed by atoms with Crippen molar-refractivity contribution in [1.82, 2.24) is 25.5 Å². The van der Waals surface area contributed by atoms with Gasteiger partial charge in [0.2, 0.25) is 17.7 Å². The van der Waals surface area contributed by atoms with E-state index in [1.807, 2.05) is 38.1 Å². The summed E-state index contributed by atoms with van der Waals surface area (Å²) in [6.45, 7) is 10.5. The molecule has 4 heterocycles. The van der Waals surface area contributed by atoms with E-state index in [2.05, 4.69) is 20.6 Å². The Morgan fingerprint density at radius 3 is 2.28 bits per heavy atom. The van der Waals surface area contributed by atoms with Gasteiger partial charge in [0.15, 0.2) is 28.3 Å². The summed E-state index contributed by atoms with van der Waals surface area (Å²) in [6.07, 6.45) is -5.17. The molecule has 2 fully saturated rings. The van der Waals surface area contributed by atoms with Gasteiger partial charge in [0, 0.05) is 24.6 Å². The number of aliphatic hydroxyl groups excluding tert-OH is 1. The number of amides is 4. The number of ether oxygens (including phenoxy) is 2. The lowest BCUT2D eigenvalue weighted by Gasteiger charge is -2.35. The zero-order chi connectivity index (χ0) is 54.2. The fourth-order valence-electron chi connectivity index (χ4n) is 8.67. The van der Waals surface area contributed by atoms with Crippen LogP contribution in [0.15, 0.2) is 72.4 Å². The van der Waals surface area contributed by atoms with Crippen molar-refractivity contribution in [2.75, 3.05) is 36.2 Å². The average Bonchev–Trinajstić information content (AvgIpc) is 3.99. The fraction of sp³-hybridized carbons (Fsp3) is 0.373. The molecule has 2 aliphatic heterocycles. The Labute approximate surface area is 431 Å². The number of hydrogen-bond donors (Lipinski definition) is 3. The third kappa shape index (κ3) is 11.2. The number of carbonyl (C=O) groups excluding carboxylic acids is 4. The number of carbonyl (C=O) groups is 4. The minimum atomic E-state index is -5.29. The largest absolute Gasteiger partial charge is 0.488 e. The highest BCUT2D eigenvalue weighted by Crippen LogP contribution is 2.42. The zero-order valence-electron chi connectivity index (χ0n) is 40.9. The Kier molecular flexibility index (Phi) is 15.9. The molecule has 0 bridgehead atoms. The number of anilines is 2. The number of pyridine rings is 1. The molecule has 2 aliphatic rings. The van der Waals surface area contributed by atoms with Gasteiger partial charge in [-0.1, -0.05) is 45.0 Å². The van der Waals surface area contributed by atoms with Crippen LogP contribution in [0.4, 0.5) is 37.7 Å². The van der Waals surface area contributed by atoms with Crippen molar-refractivity contribution in [2.24, 2.45) is 5.41 Å². The number of β-amino-alcohol motifs (C(OH)–C–C–N with tert-alkyl or cyclic N) is 1. The van der Waals surface area contributed by atoms with E-state index in [0.29, 0.717) is 11.0 Å². The Morgan fingerprint density at radius 1 is 0.986 bits per heavy atom. The van der Waals surface area contributed by atoms with E-state index < -0.39 is 111 Å². The molecular weight excluding hydrogens is 1010 g/mol. The van der Waals surface area contributed by atoms with Crippen molar-refractivity contribution >= 4 is 63.7 Å². The van der Waals surface area contributed by atoms with E-state index in [-0.39, 0.29) is 48.9 Å². The number of benzene rings is 3. The van der Waals surface area contributed by atoms with Gasteiger partial charge in [0.25, 0.3) is 5.91 Å². The minimum Gasteiger partial charge on any atom is -0.488 e. The zero-order valence-corrected chi connectivity index (χ0v) is 42.6. The normalized spacial score (nSPS) is 17.6.